The fourth-order valence-corrected chi connectivity index (χ4v) is 3.37. The lowest BCUT2D eigenvalue weighted by atomic mass is 10.3. The summed E-state index contributed by atoms with van der Waals surface area (Å²) >= 11 is 0. The van der Waals surface area contributed by atoms with E-state index in [2.05, 4.69) is 20.6 Å². The van der Waals surface area contributed by atoms with E-state index in [1.165, 1.54) is 37.3 Å². The zero-order valence-electron chi connectivity index (χ0n) is 13.9. The summed E-state index contributed by atoms with van der Waals surface area (Å²) in [6.07, 6.45) is -1.52. The van der Waals surface area contributed by atoms with Gasteiger partial charge in [-0.1, -0.05) is 0 Å². The van der Waals surface area contributed by atoms with Crippen molar-refractivity contribution in [3.05, 3.63) is 53.2 Å². The topological polar surface area (TPSA) is 132 Å². The number of nitrogens with zero attached hydrogens (tertiary/aromatic N) is 2. The fourth-order valence-electron chi connectivity index (χ4n) is 2.45. The van der Waals surface area contributed by atoms with Gasteiger partial charge in [-0.3, -0.25) is 0 Å². The van der Waals surface area contributed by atoms with Crippen molar-refractivity contribution in [2.75, 3.05) is 12.4 Å². The van der Waals surface area contributed by atoms with Crippen LogP contribution in [0.4, 0.5) is 10.5 Å². The summed E-state index contributed by atoms with van der Waals surface area (Å²) in [6.45, 7) is 1.45. The summed E-state index contributed by atoms with van der Waals surface area (Å²) in [5.74, 6) is -1.38. The van der Waals surface area contributed by atoms with Crippen LogP contribution in [0, 0.1) is 0 Å². The second-order valence-corrected chi connectivity index (χ2v) is 7.17. The van der Waals surface area contributed by atoms with Gasteiger partial charge in [-0.2, -0.15) is 8.42 Å². The quantitative estimate of drug-likeness (QED) is 0.668. The average Bonchev–Trinajstić information content (AvgIpc) is 2.88. The predicted octanol–water partition coefficient (Wildman–Crippen LogP) is -0.645. The van der Waals surface area contributed by atoms with E-state index < -0.39 is 22.0 Å². The Labute approximate surface area is 149 Å². The highest BCUT2D eigenvalue weighted by Crippen LogP contribution is 2.19. The van der Waals surface area contributed by atoms with Gasteiger partial charge in [0.05, 0.1) is 10.7 Å². The lowest BCUT2D eigenvalue weighted by Gasteiger charge is -2.20. The molecule has 0 saturated carbocycles. The molecule has 3 rings (SSSR count). The minimum absolute atomic E-state index is 0.00193. The van der Waals surface area contributed by atoms with Crippen LogP contribution in [-0.4, -0.2) is 27.3 Å². The highest BCUT2D eigenvalue weighted by molar-refractivity contribution is 7.87. The first kappa shape index (κ1) is 17.7. The number of hydrogen-bond donors (Lipinski definition) is 2. The van der Waals surface area contributed by atoms with E-state index in [9.17, 15) is 18.3 Å². The molecule has 2 aromatic rings. The number of hydrogen-bond acceptors (Lipinski definition) is 8. The Morgan fingerprint density at radius 1 is 1.12 bits per heavy atom. The van der Waals surface area contributed by atoms with Crippen LogP contribution in [0.5, 0.6) is 5.75 Å². The van der Waals surface area contributed by atoms with Gasteiger partial charge in [-0.25, -0.2) is 9.98 Å². The van der Waals surface area contributed by atoms with Gasteiger partial charge in [0.2, 0.25) is 5.79 Å². The maximum atomic E-state index is 12.4. The molecule has 1 aliphatic rings. The molecule has 0 saturated heterocycles. The summed E-state index contributed by atoms with van der Waals surface area (Å²) in [7, 11) is -2.30. The largest absolute Gasteiger partial charge is 0.530 e. The van der Waals surface area contributed by atoms with E-state index in [0.29, 0.717) is 10.7 Å². The number of amides is 1. The summed E-state index contributed by atoms with van der Waals surface area (Å²) in [5, 5.41) is 16.4. The monoisotopic (exact) mass is 375 g/mol. The normalized spacial score (nSPS) is 18.2. The summed E-state index contributed by atoms with van der Waals surface area (Å²) in [6, 6.07) is 10.4. The van der Waals surface area contributed by atoms with Crippen LogP contribution in [0.2, 0.25) is 0 Å². The Bertz CT molecular complexity index is 1080. The SMILES string of the molecule is CNc1ccc(S(=O)(=O)Oc2ccc3c(c2)=NC(C)(NC(=O)[O-])N=3)cc1. The second-order valence-electron chi connectivity index (χ2n) is 5.62. The van der Waals surface area contributed by atoms with Gasteiger partial charge in [0, 0.05) is 25.7 Å². The maximum Gasteiger partial charge on any atom is 0.339 e. The van der Waals surface area contributed by atoms with Gasteiger partial charge >= 0.3 is 10.1 Å². The van der Waals surface area contributed by atoms with Gasteiger partial charge < -0.3 is 24.7 Å². The molecule has 2 aromatic carbocycles. The molecule has 0 aliphatic carbocycles. The van der Waals surface area contributed by atoms with E-state index in [-0.39, 0.29) is 10.6 Å². The first-order chi connectivity index (χ1) is 12.2. The van der Waals surface area contributed by atoms with Crippen molar-refractivity contribution in [2.45, 2.75) is 17.6 Å². The standard InChI is InChI=1S/C16H16N4O5S/c1-16(20-15(21)22)18-13-8-5-11(9-14(13)19-16)25-26(23,24)12-6-3-10(17-2)4-7-12/h3-9,17,20H,1-2H3,(H,21,22)/p-1. The molecule has 1 aliphatic heterocycles. The molecular weight excluding hydrogens is 360 g/mol. The molecule has 0 bridgehead atoms. The van der Waals surface area contributed by atoms with Gasteiger partial charge in [0.1, 0.15) is 16.7 Å². The number of nitrogens with one attached hydrogen (secondary N) is 2. The molecule has 10 heteroatoms. The molecule has 1 amide bonds. The van der Waals surface area contributed by atoms with Crippen LogP contribution < -0.4 is 30.6 Å². The minimum atomic E-state index is -4.02. The lowest BCUT2D eigenvalue weighted by Crippen LogP contribution is -2.48. The molecule has 9 nitrogen and oxygen atoms in total. The fraction of sp³-hybridized carbons (Fsp3) is 0.188. The molecular formula is C16H15N4O5S-. The third kappa shape index (κ3) is 3.59. The highest BCUT2D eigenvalue weighted by atomic mass is 32.2. The number of anilines is 1. The minimum Gasteiger partial charge on any atom is -0.530 e. The molecule has 0 fully saturated rings. The highest BCUT2D eigenvalue weighted by Gasteiger charge is 2.25. The smallest absolute Gasteiger partial charge is 0.339 e. The Balaban J connectivity index is 1.89. The van der Waals surface area contributed by atoms with Crippen LogP contribution in [0.25, 0.3) is 0 Å². The summed E-state index contributed by atoms with van der Waals surface area (Å²) in [5.41, 5.74) is 0.765. The number of benzene rings is 2. The van der Waals surface area contributed by atoms with Gasteiger partial charge in [0.25, 0.3) is 0 Å². The van der Waals surface area contributed by atoms with Crippen LogP contribution in [0.15, 0.2) is 57.3 Å². The second kappa shape index (κ2) is 6.30. The van der Waals surface area contributed by atoms with Gasteiger partial charge in [-0.15, -0.1) is 0 Å². The third-order valence-electron chi connectivity index (χ3n) is 3.60. The van der Waals surface area contributed by atoms with Gasteiger partial charge in [0.15, 0.2) is 0 Å². The van der Waals surface area contributed by atoms with E-state index in [0.717, 1.165) is 5.69 Å². The Morgan fingerprint density at radius 3 is 2.38 bits per heavy atom. The Hall–Kier alpha value is -3.14. The van der Waals surface area contributed by atoms with Crippen molar-refractivity contribution < 1.29 is 22.5 Å². The van der Waals surface area contributed by atoms with Crippen molar-refractivity contribution in [1.82, 2.24) is 5.32 Å². The molecule has 1 heterocycles. The number of carbonyl (C=O) groups excluding carboxylic acids is 1. The average molecular weight is 375 g/mol. The molecule has 0 spiro atoms. The molecule has 0 radical (unpaired) electrons. The van der Waals surface area contributed by atoms with E-state index in [1.807, 2.05) is 0 Å². The Morgan fingerprint density at radius 2 is 1.77 bits per heavy atom. The number of rotatable bonds is 5. The van der Waals surface area contributed by atoms with Crippen LogP contribution in [-0.2, 0) is 10.1 Å². The first-order valence-electron chi connectivity index (χ1n) is 7.52. The molecule has 2 N–H and O–H groups in total. The van der Waals surface area contributed by atoms with Crippen LogP contribution in [0.1, 0.15) is 6.92 Å². The summed E-state index contributed by atoms with van der Waals surface area (Å²) in [4.78, 5) is 19.0. The molecule has 0 aromatic heterocycles. The zero-order valence-corrected chi connectivity index (χ0v) is 14.7. The first-order valence-corrected chi connectivity index (χ1v) is 8.93. The van der Waals surface area contributed by atoms with E-state index in [4.69, 9.17) is 4.18 Å². The maximum absolute atomic E-state index is 12.4. The third-order valence-corrected chi connectivity index (χ3v) is 4.86. The molecule has 136 valence electrons. The van der Waals surface area contributed by atoms with Crippen molar-refractivity contribution >= 4 is 21.9 Å². The summed E-state index contributed by atoms with van der Waals surface area (Å²) < 4.78 is 29.9. The van der Waals surface area contributed by atoms with Crippen molar-refractivity contribution in [3.8, 4) is 5.75 Å². The van der Waals surface area contributed by atoms with E-state index in [1.54, 1.807) is 19.2 Å². The lowest BCUT2D eigenvalue weighted by molar-refractivity contribution is -0.252. The number of carboxylic acid groups (broad SMARTS) is 1. The zero-order chi connectivity index (χ0) is 18.9. The number of fused-ring (bicyclic) bond motifs is 1. The molecule has 26 heavy (non-hydrogen) atoms. The van der Waals surface area contributed by atoms with E-state index >= 15 is 0 Å². The van der Waals surface area contributed by atoms with Crippen LogP contribution >= 0.6 is 0 Å². The predicted molar refractivity (Wildman–Crippen MR) is 89.5 cm³/mol. The molecule has 1 atom stereocenters. The molecule has 1 unspecified atom stereocenters. The van der Waals surface area contributed by atoms with Crippen LogP contribution in [0.3, 0.4) is 0 Å². The van der Waals surface area contributed by atoms with Crippen molar-refractivity contribution in [2.24, 2.45) is 9.98 Å². The van der Waals surface area contributed by atoms with Gasteiger partial charge in [-0.05, 0) is 36.4 Å². The Kier molecular flexibility index (Phi) is 4.28. The van der Waals surface area contributed by atoms with Crippen molar-refractivity contribution in [3.63, 3.8) is 0 Å². The van der Waals surface area contributed by atoms with Crippen molar-refractivity contribution in [1.29, 1.82) is 0 Å². The number of carbonyl (C=O) groups is 1.